The molecule has 1 amide bonds. The summed E-state index contributed by atoms with van der Waals surface area (Å²) in [5.41, 5.74) is 7.70. The fourth-order valence-electron chi connectivity index (χ4n) is 1.61. The number of amides is 1. The first-order valence-corrected chi connectivity index (χ1v) is 4.75. The van der Waals surface area contributed by atoms with Crippen LogP contribution in [0.25, 0.3) is 0 Å². The molecule has 0 aromatic heterocycles. The summed E-state index contributed by atoms with van der Waals surface area (Å²) in [6, 6.07) is 0. The van der Waals surface area contributed by atoms with Gasteiger partial charge in [0.1, 0.15) is 0 Å². The van der Waals surface area contributed by atoms with Crippen molar-refractivity contribution in [3.05, 3.63) is 11.3 Å². The second-order valence-electron chi connectivity index (χ2n) is 3.97. The molecule has 13 heavy (non-hydrogen) atoms. The van der Waals surface area contributed by atoms with Gasteiger partial charge in [-0.2, -0.15) is 0 Å². The Bertz CT molecular complexity index is 243. The Balaban J connectivity index is 2.74. The first-order valence-electron chi connectivity index (χ1n) is 4.75. The molecular formula is C10H18N2O. The highest BCUT2D eigenvalue weighted by molar-refractivity contribution is 5.84. The average molecular weight is 182 g/mol. The van der Waals surface area contributed by atoms with Gasteiger partial charge in [0.05, 0.1) is 6.42 Å². The molecule has 1 aliphatic rings. The smallest absolute Gasteiger partial charge is 0.230 e. The lowest BCUT2D eigenvalue weighted by Gasteiger charge is -2.20. The molecule has 0 aromatic carbocycles. The van der Waals surface area contributed by atoms with Crippen LogP contribution in [0.2, 0.25) is 0 Å². The predicted molar refractivity (Wildman–Crippen MR) is 52.9 cm³/mol. The SMILES string of the molecule is CC1=C(CN)CC(=O)N1CC(C)C. The average Bonchev–Trinajstić information content (AvgIpc) is 2.31. The Kier molecular flexibility index (Phi) is 3.09. The van der Waals surface area contributed by atoms with Crippen LogP contribution in [0.15, 0.2) is 11.3 Å². The van der Waals surface area contributed by atoms with Crippen LogP contribution < -0.4 is 5.73 Å². The predicted octanol–water partition coefficient (Wildman–Crippen LogP) is 1.11. The van der Waals surface area contributed by atoms with E-state index < -0.39 is 0 Å². The van der Waals surface area contributed by atoms with Crippen LogP contribution in [0.4, 0.5) is 0 Å². The Labute approximate surface area is 79.6 Å². The monoisotopic (exact) mass is 182 g/mol. The molecule has 0 fully saturated rings. The van der Waals surface area contributed by atoms with E-state index in [4.69, 9.17) is 5.73 Å². The van der Waals surface area contributed by atoms with Crippen LogP contribution in [0.1, 0.15) is 27.2 Å². The molecule has 0 bridgehead atoms. The van der Waals surface area contributed by atoms with Gasteiger partial charge in [0.15, 0.2) is 0 Å². The van der Waals surface area contributed by atoms with Crippen molar-refractivity contribution in [1.29, 1.82) is 0 Å². The number of hydrogen-bond donors (Lipinski definition) is 1. The Morgan fingerprint density at radius 2 is 2.15 bits per heavy atom. The normalized spacial score (nSPS) is 17.9. The summed E-state index contributed by atoms with van der Waals surface area (Å²) >= 11 is 0. The third-order valence-electron chi connectivity index (χ3n) is 2.38. The van der Waals surface area contributed by atoms with Gasteiger partial charge in [-0.3, -0.25) is 4.79 Å². The molecule has 0 aromatic rings. The fourth-order valence-corrected chi connectivity index (χ4v) is 1.61. The largest absolute Gasteiger partial charge is 0.327 e. The quantitative estimate of drug-likeness (QED) is 0.710. The number of nitrogens with two attached hydrogens (primary N) is 1. The van der Waals surface area contributed by atoms with E-state index in [1.54, 1.807) is 0 Å². The third-order valence-corrected chi connectivity index (χ3v) is 2.38. The van der Waals surface area contributed by atoms with Crippen molar-refractivity contribution in [2.45, 2.75) is 27.2 Å². The molecule has 3 nitrogen and oxygen atoms in total. The maximum Gasteiger partial charge on any atom is 0.230 e. The summed E-state index contributed by atoms with van der Waals surface area (Å²) in [6.45, 7) is 7.53. The lowest BCUT2D eigenvalue weighted by atomic mass is 10.2. The lowest BCUT2D eigenvalue weighted by Crippen LogP contribution is -2.28. The van der Waals surface area contributed by atoms with Crippen molar-refractivity contribution in [3.8, 4) is 0 Å². The first-order chi connectivity index (χ1) is 6.06. The van der Waals surface area contributed by atoms with E-state index in [9.17, 15) is 4.79 Å². The highest BCUT2D eigenvalue weighted by Crippen LogP contribution is 2.23. The first kappa shape index (κ1) is 10.3. The number of allylic oxidation sites excluding steroid dienone is 1. The molecule has 0 atom stereocenters. The van der Waals surface area contributed by atoms with Crippen molar-refractivity contribution in [3.63, 3.8) is 0 Å². The summed E-state index contributed by atoms with van der Waals surface area (Å²) in [5.74, 6) is 0.711. The molecule has 3 heteroatoms. The molecule has 0 radical (unpaired) electrons. The Hall–Kier alpha value is -0.830. The standard InChI is InChI=1S/C10H18N2O/c1-7(2)6-12-8(3)9(5-11)4-10(12)13/h7H,4-6,11H2,1-3H3. The Morgan fingerprint density at radius 3 is 2.54 bits per heavy atom. The van der Waals surface area contributed by atoms with Gasteiger partial charge in [0.25, 0.3) is 0 Å². The molecule has 0 saturated carbocycles. The van der Waals surface area contributed by atoms with E-state index in [-0.39, 0.29) is 5.91 Å². The van der Waals surface area contributed by atoms with Gasteiger partial charge in [0.2, 0.25) is 5.91 Å². The highest BCUT2D eigenvalue weighted by atomic mass is 16.2. The molecule has 0 aliphatic carbocycles. The van der Waals surface area contributed by atoms with Crippen LogP contribution in [0.3, 0.4) is 0 Å². The minimum atomic E-state index is 0.201. The zero-order valence-electron chi connectivity index (χ0n) is 8.63. The van der Waals surface area contributed by atoms with Crippen molar-refractivity contribution < 1.29 is 4.79 Å². The topological polar surface area (TPSA) is 46.3 Å². The minimum absolute atomic E-state index is 0.201. The summed E-state index contributed by atoms with van der Waals surface area (Å²) in [5, 5.41) is 0. The van der Waals surface area contributed by atoms with Gasteiger partial charge >= 0.3 is 0 Å². The van der Waals surface area contributed by atoms with Gasteiger partial charge in [-0.15, -0.1) is 0 Å². The molecular weight excluding hydrogens is 164 g/mol. The van der Waals surface area contributed by atoms with Crippen LogP contribution in [-0.4, -0.2) is 23.9 Å². The van der Waals surface area contributed by atoms with E-state index in [1.165, 1.54) is 0 Å². The number of carbonyl (C=O) groups is 1. The van der Waals surface area contributed by atoms with Crippen molar-refractivity contribution in [2.75, 3.05) is 13.1 Å². The second kappa shape index (κ2) is 3.92. The molecule has 74 valence electrons. The summed E-state index contributed by atoms with van der Waals surface area (Å²) in [7, 11) is 0. The number of nitrogens with zero attached hydrogens (tertiary/aromatic N) is 1. The Morgan fingerprint density at radius 1 is 1.54 bits per heavy atom. The van der Waals surface area contributed by atoms with E-state index >= 15 is 0 Å². The zero-order chi connectivity index (χ0) is 10.0. The van der Waals surface area contributed by atoms with Gasteiger partial charge < -0.3 is 10.6 Å². The highest BCUT2D eigenvalue weighted by Gasteiger charge is 2.26. The van der Waals surface area contributed by atoms with E-state index in [2.05, 4.69) is 13.8 Å². The number of rotatable bonds is 3. The molecule has 0 spiro atoms. The molecule has 2 N–H and O–H groups in total. The number of carbonyl (C=O) groups excluding carboxylic acids is 1. The van der Waals surface area contributed by atoms with Crippen molar-refractivity contribution in [1.82, 2.24) is 4.90 Å². The summed E-state index contributed by atoms with van der Waals surface area (Å²) in [6.07, 6.45) is 0.523. The van der Waals surface area contributed by atoms with Crippen LogP contribution >= 0.6 is 0 Å². The molecule has 1 rings (SSSR count). The van der Waals surface area contributed by atoms with Crippen LogP contribution in [0.5, 0.6) is 0 Å². The van der Waals surface area contributed by atoms with Crippen molar-refractivity contribution >= 4 is 5.91 Å². The lowest BCUT2D eigenvalue weighted by molar-refractivity contribution is -0.127. The molecule has 1 heterocycles. The molecule has 0 unspecified atom stereocenters. The van der Waals surface area contributed by atoms with Crippen LogP contribution in [-0.2, 0) is 4.79 Å². The van der Waals surface area contributed by atoms with Crippen LogP contribution in [0, 0.1) is 5.92 Å². The van der Waals surface area contributed by atoms with Gasteiger partial charge in [0, 0.05) is 18.8 Å². The fraction of sp³-hybridized carbons (Fsp3) is 0.700. The maximum atomic E-state index is 11.5. The molecule has 1 aliphatic heterocycles. The summed E-state index contributed by atoms with van der Waals surface area (Å²) in [4.78, 5) is 13.4. The van der Waals surface area contributed by atoms with Gasteiger partial charge in [-0.1, -0.05) is 13.8 Å². The van der Waals surface area contributed by atoms with E-state index in [1.807, 2.05) is 11.8 Å². The maximum absolute atomic E-state index is 11.5. The van der Waals surface area contributed by atoms with Gasteiger partial charge in [-0.05, 0) is 18.4 Å². The van der Waals surface area contributed by atoms with E-state index in [0.29, 0.717) is 18.9 Å². The minimum Gasteiger partial charge on any atom is -0.327 e. The third kappa shape index (κ3) is 2.10. The zero-order valence-corrected chi connectivity index (χ0v) is 8.63. The van der Waals surface area contributed by atoms with Crippen molar-refractivity contribution in [2.24, 2.45) is 11.7 Å². The van der Waals surface area contributed by atoms with E-state index in [0.717, 1.165) is 17.8 Å². The second-order valence-corrected chi connectivity index (χ2v) is 3.97. The number of hydrogen-bond acceptors (Lipinski definition) is 2. The molecule has 0 saturated heterocycles. The summed E-state index contributed by atoms with van der Waals surface area (Å²) < 4.78 is 0. The van der Waals surface area contributed by atoms with Gasteiger partial charge in [-0.25, -0.2) is 0 Å².